The Morgan fingerprint density at radius 2 is 2.14 bits per heavy atom. The fraction of sp³-hybridized carbons (Fsp3) is 0.100. The number of aromatic amines is 1. The Morgan fingerprint density at radius 3 is 2.71 bits per heavy atom. The van der Waals surface area contributed by atoms with Crippen LogP contribution in [0.3, 0.4) is 0 Å². The molecule has 0 aliphatic heterocycles. The van der Waals surface area contributed by atoms with Gasteiger partial charge in [0.15, 0.2) is 0 Å². The number of hydrogen-bond donors (Lipinski definition) is 1. The van der Waals surface area contributed by atoms with Crippen LogP contribution in [-0.2, 0) is 0 Å². The lowest BCUT2D eigenvalue weighted by Crippen LogP contribution is -1.94. The molecule has 14 heavy (non-hydrogen) atoms. The molecule has 1 N–H and O–H groups in total. The minimum absolute atomic E-state index is 0.296. The maximum absolute atomic E-state index is 6.21. The molecule has 0 aromatic carbocycles. The number of nitrogens with one attached hydrogen (secondary N) is 1. The fourth-order valence-electron chi connectivity index (χ4n) is 1.24. The van der Waals surface area contributed by atoms with Crippen molar-refractivity contribution >= 4 is 23.2 Å². The van der Waals surface area contributed by atoms with Crippen molar-refractivity contribution < 1.29 is 0 Å². The van der Waals surface area contributed by atoms with Crippen molar-refractivity contribution in [2.75, 3.05) is 0 Å². The molecule has 2 rings (SSSR count). The van der Waals surface area contributed by atoms with Crippen molar-refractivity contribution in [1.29, 1.82) is 0 Å². The molecule has 1 unspecified atom stereocenters. The predicted octanol–water partition coefficient (Wildman–Crippen LogP) is 3.39. The van der Waals surface area contributed by atoms with E-state index in [1.54, 1.807) is 18.6 Å². The first-order chi connectivity index (χ1) is 6.79. The van der Waals surface area contributed by atoms with Gasteiger partial charge in [-0.2, -0.15) is 0 Å². The fourth-order valence-corrected chi connectivity index (χ4v) is 1.83. The number of halogens is 2. The zero-order valence-electron chi connectivity index (χ0n) is 7.24. The molecule has 2 aromatic rings. The first-order valence-electron chi connectivity index (χ1n) is 4.16. The highest BCUT2D eigenvalue weighted by molar-refractivity contribution is 6.33. The van der Waals surface area contributed by atoms with Crippen LogP contribution < -0.4 is 0 Å². The molecular weight excluding hydrogens is 219 g/mol. The van der Waals surface area contributed by atoms with Crippen molar-refractivity contribution in [3.05, 3.63) is 53.1 Å². The minimum atomic E-state index is -0.296. The van der Waals surface area contributed by atoms with Crippen molar-refractivity contribution in [2.24, 2.45) is 0 Å². The highest BCUT2D eigenvalue weighted by Gasteiger charge is 2.15. The molecule has 0 radical (unpaired) electrons. The third-order valence-corrected chi connectivity index (χ3v) is 2.73. The van der Waals surface area contributed by atoms with Gasteiger partial charge < -0.3 is 4.98 Å². The van der Waals surface area contributed by atoms with E-state index in [-0.39, 0.29) is 5.38 Å². The summed E-state index contributed by atoms with van der Waals surface area (Å²) >= 11 is 12.2. The van der Waals surface area contributed by atoms with Crippen molar-refractivity contribution in [2.45, 2.75) is 5.38 Å². The van der Waals surface area contributed by atoms with Gasteiger partial charge in [-0.3, -0.25) is 4.98 Å². The van der Waals surface area contributed by atoms with E-state index in [0.29, 0.717) is 5.02 Å². The predicted molar refractivity (Wildman–Crippen MR) is 57.7 cm³/mol. The first kappa shape index (κ1) is 9.56. The van der Waals surface area contributed by atoms with Crippen molar-refractivity contribution in [3.63, 3.8) is 0 Å². The summed E-state index contributed by atoms with van der Waals surface area (Å²) in [6.45, 7) is 0. The van der Waals surface area contributed by atoms with Gasteiger partial charge in [0.1, 0.15) is 5.38 Å². The largest absolute Gasteiger partial charge is 0.366 e. The molecule has 0 aliphatic carbocycles. The monoisotopic (exact) mass is 226 g/mol. The Bertz CT molecular complexity index is 411. The van der Waals surface area contributed by atoms with Crippen LogP contribution in [0.2, 0.25) is 5.02 Å². The second-order valence-corrected chi connectivity index (χ2v) is 3.72. The van der Waals surface area contributed by atoms with E-state index in [1.807, 2.05) is 18.2 Å². The number of alkyl halides is 1. The van der Waals surface area contributed by atoms with Gasteiger partial charge in [0.2, 0.25) is 0 Å². The molecule has 0 fully saturated rings. The van der Waals surface area contributed by atoms with Gasteiger partial charge in [0.25, 0.3) is 0 Å². The second kappa shape index (κ2) is 4.03. The van der Waals surface area contributed by atoms with Gasteiger partial charge >= 0.3 is 0 Å². The number of rotatable bonds is 2. The van der Waals surface area contributed by atoms with Crippen molar-refractivity contribution in [1.82, 2.24) is 9.97 Å². The number of nitrogens with zero attached hydrogens (tertiary/aromatic N) is 1. The molecular formula is C10H8Cl2N2. The third kappa shape index (κ3) is 1.76. The normalized spacial score (nSPS) is 12.7. The summed E-state index contributed by atoms with van der Waals surface area (Å²) in [5, 5.41) is 0.339. The quantitative estimate of drug-likeness (QED) is 0.782. The topological polar surface area (TPSA) is 28.7 Å². The molecule has 0 saturated carbocycles. The molecule has 0 aliphatic rings. The summed E-state index contributed by atoms with van der Waals surface area (Å²) in [5.41, 5.74) is 1.66. The lowest BCUT2D eigenvalue weighted by atomic mass is 10.1. The van der Waals surface area contributed by atoms with E-state index in [0.717, 1.165) is 11.3 Å². The molecule has 1 atom stereocenters. The zero-order valence-corrected chi connectivity index (χ0v) is 8.76. The summed E-state index contributed by atoms with van der Waals surface area (Å²) in [5.74, 6) is 0. The smallest absolute Gasteiger partial charge is 0.103 e. The number of pyridine rings is 1. The Morgan fingerprint density at radius 1 is 1.29 bits per heavy atom. The SMILES string of the molecule is Clc1c[nH]cc1C(Cl)c1ccccn1. The summed E-state index contributed by atoms with van der Waals surface area (Å²) in [4.78, 5) is 7.08. The van der Waals surface area contributed by atoms with Gasteiger partial charge in [-0.15, -0.1) is 11.6 Å². The number of H-pyrrole nitrogens is 1. The standard InChI is InChI=1S/C10H8Cl2N2/c11-8-6-13-5-7(8)10(12)9-3-1-2-4-14-9/h1-6,10,13H. The molecule has 0 saturated heterocycles. The van der Waals surface area contributed by atoms with E-state index < -0.39 is 0 Å². The van der Waals surface area contributed by atoms with E-state index in [4.69, 9.17) is 23.2 Å². The molecule has 2 aromatic heterocycles. The van der Waals surface area contributed by atoms with Gasteiger partial charge in [-0.1, -0.05) is 17.7 Å². The van der Waals surface area contributed by atoms with Gasteiger partial charge in [-0.05, 0) is 12.1 Å². The molecule has 4 heteroatoms. The van der Waals surface area contributed by atoms with E-state index in [1.165, 1.54) is 0 Å². The maximum Gasteiger partial charge on any atom is 0.103 e. The van der Waals surface area contributed by atoms with Gasteiger partial charge in [0, 0.05) is 24.2 Å². The van der Waals surface area contributed by atoms with Crippen molar-refractivity contribution in [3.8, 4) is 0 Å². The van der Waals surface area contributed by atoms with Crippen LogP contribution in [-0.4, -0.2) is 9.97 Å². The van der Waals surface area contributed by atoms with Crippen LogP contribution in [0, 0.1) is 0 Å². The van der Waals surface area contributed by atoms with Gasteiger partial charge in [0.05, 0.1) is 10.7 Å². The Kier molecular flexibility index (Phi) is 2.75. The molecule has 0 bridgehead atoms. The van der Waals surface area contributed by atoms with E-state index in [2.05, 4.69) is 9.97 Å². The highest BCUT2D eigenvalue weighted by atomic mass is 35.5. The summed E-state index contributed by atoms with van der Waals surface area (Å²) in [6, 6.07) is 5.63. The lowest BCUT2D eigenvalue weighted by Gasteiger charge is -2.06. The minimum Gasteiger partial charge on any atom is -0.366 e. The summed E-state index contributed by atoms with van der Waals surface area (Å²) in [6.07, 6.45) is 5.20. The van der Waals surface area contributed by atoms with Gasteiger partial charge in [-0.25, -0.2) is 0 Å². The zero-order chi connectivity index (χ0) is 9.97. The average molecular weight is 227 g/mol. The highest BCUT2D eigenvalue weighted by Crippen LogP contribution is 2.31. The van der Waals surface area contributed by atoms with Crippen LogP contribution in [0.4, 0.5) is 0 Å². The summed E-state index contributed by atoms with van der Waals surface area (Å²) in [7, 11) is 0. The Balaban J connectivity index is 2.34. The lowest BCUT2D eigenvalue weighted by molar-refractivity contribution is 1.04. The molecule has 0 spiro atoms. The third-order valence-electron chi connectivity index (χ3n) is 1.95. The van der Waals surface area contributed by atoms with Crippen LogP contribution in [0.1, 0.15) is 16.6 Å². The molecule has 2 heterocycles. The second-order valence-electron chi connectivity index (χ2n) is 2.88. The maximum atomic E-state index is 6.21. The number of aromatic nitrogens is 2. The van der Waals surface area contributed by atoms with E-state index >= 15 is 0 Å². The first-order valence-corrected chi connectivity index (χ1v) is 4.97. The van der Waals surface area contributed by atoms with Crippen LogP contribution >= 0.6 is 23.2 Å². The van der Waals surface area contributed by atoms with Crippen LogP contribution in [0.5, 0.6) is 0 Å². The van der Waals surface area contributed by atoms with E-state index in [9.17, 15) is 0 Å². The molecule has 2 nitrogen and oxygen atoms in total. The number of hydrogen-bond acceptors (Lipinski definition) is 1. The summed E-state index contributed by atoms with van der Waals surface area (Å²) < 4.78 is 0. The van der Waals surface area contributed by atoms with Crippen LogP contribution in [0.15, 0.2) is 36.8 Å². The Labute approximate surface area is 91.9 Å². The average Bonchev–Trinajstić information content (AvgIpc) is 2.65. The molecule has 72 valence electrons. The Hall–Kier alpha value is -0.990. The molecule has 0 amide bonds. The van der Waals surface area contributed by atoms with Crippen LogP contribution in [0.25, 0.3) is 0 Å².